The lowest BCUT2D eigenvalue weighted by molar-refractivity contribution is 0.0749. The molecule has 2 aromatic heterocycles. The van der Waals surface area contributed by atoms with E-state index in [9.17, 15) is 4.79 Å². The highest BCUT2D eigenvalue weighted by molar-refractivity contribution is 9.10. The smallest absolute Gasteiger partial charge is 0.256 e. The molecular weight excluding hydrogens is 464 g/mol. The van der Waals surface area contributed by atoms with Gasteiger partial charge < -0.3 is 9.47 Å². The Balaban J connectivity index is 1.55. The van der Waals surface area contributed by atoms with Crippen LogP contribution in [0.4, 0.5) is 0 Å². The fraction of sp³-hybridized carbons (Fsp3) is 0.130. The fourth-order valence-electron chi connectivity index (χ4n) is 3.78. The summed E-state index contributed by atoms with van der Waals surface area (Å²) < 4.78 is 4.83. The van der Waals surface area contributed by atoms with E-state index in [-0.39, 0.29) is 5.91 Å². The number of benzene rings is 2. The number of hydrogen-bond acceptors (Lipinski definition) is 2. The van der Waals surface area contributed by atoms with Crippen molar-refractivity contribution in [2.45, 2.75) is 20.0 Å². The summed E-state index contributed by atoms with van der Waals surface area (Å²) in [6.07, 6.45) is 4.00. The molecule has 0 fully saturated rings. The topological polar surface area (TPSA) is 43.1 Å². The number of halogens is 2. The molecule has 1 aliphatic heterocycles. The third kappa shape index (κ3) is 3.26. The number of aryl methyl sites for hydroxylation is 1. The zero-order chi connectivity index (χ0) is 20.8. The molecular formula is C23H18BrClN4O. The largest absolute Gasteiger partial charge is 0.328 e. The zero-order valence-electron chi connectivity index (χ0n) is 16.2. The number of fused-ring (bicyclic) bond motifs is 1. The van der Waals surface area contributed by atoms with Gasteiger partial charge in [-0.3, -0.25) is 4.79 Å². The highest BCUT2D eigenvalue weighted by Crippen LogP contribution is 2.32. The van der Waals surface area contributed by atoms with Gasteiger partial charge in [-0.15, -0.1) is 0 Å². The van der Waals surface area contributed by atoms with Crippen LogP contribution in [-0.4, -0.2) is 25.2 Å². The van der Waals surface area contributed by atoms with Gasteiger partial charge in [0.15, 0.2) is 0 Å². The molecule has 30 heavy (non-hydrogen) atoms. The van der Waals surface area contributed by atoms with Gasteiger partial charge in [-0.2, -0.15) is 5.10 Å². The van der Waals surface area contributed by atoms with E-state index in [1.54, 1.807) is 17.0 Å². The van der Waals surface area contributed by atoms with Crippen molar-refractivity contribution >= 4 is 33.4 Å². The van der Waals surface area contributed by atoms with Crippen LogP contribution in [0.5, 0.6) is 0 Å². The van der Waals surface area contributed by atoms with Crippen LogP contribution in [0.2, 0.25) is 5.02 Å². The average Bonchev–Trinajstić information content (AvgIpc) is 3.45. The number of rotatable bonds is 3. The number of nitrogens with zero attached hydrogens (tertiary/aromatic N) is 4. The van der Waals surface area contributed by atoms with E-state index in [0.717, 1.165) is 27.2 Å². The van der Waals surface area contributed by atoms with Crippen molar-refractivity contribution in [1.82, 2.24) is 19.2 Å². The molecule has 5 rings (SSSR count). The van der Waals surface area contributed by atoms with Gasteiger partial charge in [-0.1, -0.05) is 45.2 Å². The maximum Gasteiger partial charge on any atom is 0.256 e. The quantitative estimate of drug-likeness (QED) is 0.385. The Morgan fingerprint density at radius 3 is 2.53 bits per heavy atom. The van der Waals surface area contributed by atoms with Crippen molar-refractivity contribution in [3.05, 3.63) is 98.9 Å². The molecule has 1 aliphatic rings. The Hall–Kier alpha value is -2.83. The summed E-state index contributed by atoms with van der Waals surface area (Å²) in [4.78, 5) is 14.9. The summed E-state index contributed by atoms with van der Waals surface area (Å²) in [5, 5.41) is 5.32. The minimum absolute atomic E-state index is 0.0976. The Labute approximate surface area is 187 Å². The first-order valence-corrected chi connectivity index (χ1v) is 10.7. The lowest BCUT2D eigenvalue weighted by Gasteiger charge is -2.18. The normalized spacial score (nSPS) is 13.0. The fourth-order valence-corrected chi connectivity index (χ4v) is 4.34. The van der Waals surface area contributed by atoms with Crippen molar-refractivity contribution in [3.8, 4) is 11.5 Å². The molecule has 1 amide bonds. The van der Waals surface area contributed by atoms with Gasteiger partial charge in [0.2, 0.25) is 0 Å². The standard InChI is InChI=1S/C23H18BrClN4O/c1-15-4-7-17(8-5-15)29-22(27-10-2-3-11-27)19-13-28(14-21(19)26-29)23(30)18-12-16(24)6-9-20(18)25/h2-12H,13-14H2,1H3. The van der Waals surface area contributed by atoms with Crippen LogP contribution in [0.25, 0.3) is 11.5 Å². The highest BCUT2D eigenvalue weighted by Gasteiger charge is 2.32. The van der Waals surface area contributed by atoms with Crippen LogP contribution in [0.3, 0.4) is 0 Å². The Bertz CT molecular complexity index is 1250. The first-order valence-electron chi connectivity index (χ1n) is 9.57. The van der Waals surface area contributed by atoms with Crippen molar-refractivity contribution in [2.75, 3.05) is 0 Å². The monoisotopic (exact) mass is 480 g/mol. The van der Waals surface area contributed by atoms with Crippen LogP contribution in [0, 0.1) is 6.92 Å². The van der Waals surface area contributed by atoms with Crippen molar-refractivity contribution in [2.24, 2.45) is 0 Å². The van der Waals surface area contributed by atoms with Crippen molar-refractivity contribution < 1.29 is 4.79 Å². The molecule has 0 saturated heterocycles. The van der Waals surface area contributed by atoms with Crippen LogP contribution >= 0.6 is 27.5 Å². The summed E-state index contributed by atoms with van der Waals surface area (Å²) in [5.41, 5.74) is 4.63. The van der Waals surface area contributed by atoms with Crippen molar-refractivity contribution in [1.29, 1.82) is 0 Å². The van der Waals surface area contributed by atoms with E-state index in [2.05, 4.69) is 47.1 Å². The summed E-state index contributed by atoms with van der Waals surface area (Å²) in [5.74, 6) is 0.856. The molecule has 150 valence electrons. The molecule has 0 N–H and O–H groups in total. The van der Waals surface area contributed by atoms with Gasteiger partial charge in [-0.05, 0) is 49.4 Å². The molecule has 3 heterocycles. The lowest BCUT2D eigenvalue weighted by atomic mass is 10.2. The van der Waals surface area contributed by atoms with Crippen LogP contribution in [0.1, 0.15) is 27.2 Å². The van der Waals surface area contributed by atoms with Crippen LogP contribution in [-0.2, 0) is 13.1 Å². The molecule has 0 aliphatic carbocycles. The number of hydrogen-bond donors (Lipinski definition) is 0. The summed E-state index contributed by atoms with van der Waals surface area (Å²) in [6, 6.07) is 17.6. The van der Waals surface area contributed by atoms with Crippen LogP contribution < -0.4 is 0 Å². The van der Waals surface area contributed by atoms with E-state index < -0.39 is 0 Å². The van der Waals surface area contributed by atoms with Crippen molar-refractivity contribution in [3.63, 3.8) is 0 Å². The maximum atomic E-state index is 13.2. The molecule has 4 aromatic rings. The van der Waals surface area contributed by atoms with Gasteiger partial charge in [0.25, 0.3) is 5.91 Å². The van der Waals surface area contributed by atoms with Gasteiger partial charge in [0, 0.05) is 22.4 Å². The predicted octanol–water partition coefficient (Wildman–Crippen LogP) is 5.54. The molecule has 0 saturated carbocycles. The molecule has 5 nitrogen and oxygen atoms in total. The van der Waals surface area contributed by atoms with Gasteiger partial charge in [-0.25, -0.2) is 4.68 Å². The number of aromatic nitrogens is 3. The summed E-state index contributed by atoms with van der Waals surface area (Å²) in [6.45, 7) is 3.00. The minimum atomic E-state index is -0.0976. The zero-order valence-corrected chi connectivity index (χ0v) is 18.6. The second-order valence-corrected chi connectivity index (χ2v) is 8.69. The third-order valence-electron chi connectivity index (χ3n) is 5.30. The van der Waals surface area contributed by atoms with E-state index in [1.165, 1.54) is 5.56 Å². The van der Waals surface area contributed by atoms with E-state index >= 15 is 0 Å². The Morgan fingerprint density at radius 1 is 1.07 bits per heavy atom. The van der Waals surface area contributed by atoms with Gasteiger partial charge in [0.05, 0.1) is 35.1 Å². The molecule has 7 heteroatoms. The molecule has 0 radical (unpaired) electrons. The summed E-state index contributed by atoms with van der Waals surface area (Å²) in [7, 11) is 0. The minimum Gasteiger partial charge on any atom is -0.328 e. The van der Waals surface area contributed by atoms with Gasteiger partial charge >= 0.3 is 0 Å². The van der Waals surface area contributed by atoms with Crippen LogP contribution in [0.15, 0.2) is 71.5 Å². The summed E-state index contributed by atoms with van der Waals surface area (Å²) >= 11 is 9.72. The second kappa shape index (κ2) is 7.45. The first kappa shape index (κ1) is 19.2. The van der Waals surface area contributed by atoms with E-state index in [1.807, 2.05) is 39.8 Å². The lowest BCUT2D eigenvalue weighted by Crippen LogP contribution is -2.26. The molecule has 0 atom stereocenters. The first-order chi connectivity index (χ1) is 14.5. The highest BCUT2D eigenvalue weighted by atomic mass is 79.9. The Morgan fingerprint density at radius 2 is 1.80 bits per heavy atom. The maximum absolute atomic E-state index is 13.2. The molecule has 0 bridgehead atoms. The number of carbonyl (C=O) groups is 1. The second-order valence-electron chi connectivity index (χ2n) is 7.37. The number of carbonyl (C=O) groups excluding carboxylic acids is 1. The SMILES string of the molecule is Cc1ccc(-n2nc3c(c2-n2cccc2)CN(C(=O)c2cc(Br)ccc2Cl)C3)cc1. The van der Waals surface area contributed by atoms with E-state index in [4.69, 9.17) is 16.7 Å². The van der Waals surface area contributed by atoms with E-state index in [0.29, 0.717) is 23.7 Å². The predicted molar refractivity (Wildman–Crippen MR) is 120 cm³/mol. The number of amides is 1. The molecule has 0 unspecified atom stereocenters. The molecule has 2 aromatic carbocycles. The third-order valence-corrected chi connectivity index (χ3v) is 6.13. The average molecular weight is 482 g/mol. The Kier molecular flexibility index (Phi) is 4.76. The van der Waals surface area contributed by atoms with Gasteiger partial charge in [0.1, 0.15) is 5.82 Å². The molecule has 0 spiro atoms.